The van der Waals surface area contributed by atoms with E-state index in [1.54, 1.807) is 48.5 Å². The minimum Gasteiger partial charge on any atom is -0.497 e. The number of imide groups is 1. The number of hydrogen-bond acceptors (Lipinski definition) is 8. The number of nitrogens with zero attached hydrogens (tertiary/aromatic N) is 2. The van der Waals surface area contributed by atoms with Gasteiger partial charge in [-0.25, -0.2) is 0 Å². The number of methoxy groups -OCH3 is 1. The molecular weight excluding hydrogens is 546 g/mol. The quantitative estimate of drug-likeness (QED) is 0.147. The highest BCUT2D eigenvalue weighted by Gasteiger charge is 2.36. The summed E-state index contributed by atoms with van der Waals surface area (Å²) in [6.07, 6.45) is 1.60. The number of amides is 3. The van der Waals surface area contributed by atoms with Crippen LogP contribution in [-0.2, 0) is 16.2 Å². The standard InChI is InChI=1S/C30H23N3O7S/c1-39-23-13-9-21(10-14-23)31-28(34)17-32-29(35)27(41-30(32)36)16-25-24-5-3-2-4-20(24)8-15-26(25)40-18-19-6-11-22(12-7-19)33(37)38/h2-16H,17-18H2,1H3,(H,31,34)/b27-16+. The average Bonchev–Trinajstić information content (AvgIpc) is 3.24. The number of nitro groups is 1. The second-order valence-corrected chi connectivity index (χ2v) is 9.95. The second-order valence-electron chi connectivity index (χ2n) is 8.96. The number of anilines is 1. The maximum absolute atomic E-state index is 13.2. The van der Waals surface area contributed by atoms with Crippen LogP contribution in [0.4, 0.5) is 16.2 Å². The van der Waals surface area contributed by atoms with E-state index < -0.39 is 28.5 Å². The van der Waals surface area contributed by atoms with Gasteiger partial charge in [-0.05, 0) is 76.6 Å². The normalized spacial score (nSPS) is 14.0. The van der Waals surface area contributed by atoms with Gasteiger partial charge in [0.05, 0.1) is 16.9 Å². The number of carbonyl (C=O) groups is 3. The lowest BCUT2D eigenvalue weighted by Gasteiger charge is -2.14. The number of hydrogen-bond donors (Lipinski definition) is 1. The number of fused-ring (bicyclic) bond motifs is 1. The second kappa shape index (κ2) is 11.9. The lowest BCUT2D eigenvalue weighted by Crippen LogP contribution is -2.36. The van der Waals surface area contributed by atoms with E-state index in [0.717, 1.165) is 33.0 Å². The molecule has 3 amide bonds. The number of ether oxygens (including phenoxy) is 2. The predicted molar refractivity (Wildman–Crippen MR) is 156 cm³/mol. The fourth-order valence-electron chi connectivity index (χ4n) is 4.21. The largest absolute Gasteiger partial charge is 0.497 e. The van der Waals surface area contributed by atoms with Gasteiger partial charge < -0.3 is 14.8 Å². The number of non-ortho nitro benzene ring substituents is 1. The molecule has 206 valence electrons. The Morgan fingerprint density at radius 2 is 1.73 bits per heavy atom. The number of carbonyl (C=O) groups excluding carboxylic acids is 3. The van der Waals surface area contributed by atoms with Gasteiger partial charge in [0.15, 0.2) is 0 Å². The number of nitro benzene ring substituents is 1. The van der Waals surface area contributed by atoms with Gasteiger partial charge in [0.2, 0.25) is 5.91 Å². The van der Waals surface area contributed by atoms with Crippen molar-refractivity contribution >= 4 is 57.0 Å². The molecule has 0 aromatic heterocycles. The maximum atomic E-state index is 13.2. The van der Waals surface area contributed by atoms with E-state index in [-0.39, 0.29) is 17.2 Å². The lowest BCUT2D eigenvalue weighted by atomic mass is 10.0. The minimum atomic E-state index is -0.584. The van der Waals surface area contributed by atoms with Crippen molar-refractivity contribution in [2.75, 3.05) is 19.0 Å². The molecule has 1 saturated heterocycles. The molecule has 1 N–H and O–H groups in total. The Balaban J connectivity index is 1.36. The van der Waals surface area contributed by atoms with Crippen LogP contribution in [0.25, 0.3) is 16.8 Å². The molecule has 41 heavy (non-hydrogen) atoms. The summed E-state index contributed by atoms with van der Waals surface area (Å²) < 4.78 is 11.2. The van der Waals surface area contributed by atoms with Crippen LogP contribution in [0.1, 0.15) is 11.1 Å². The van der Waals surface area contributed by atoms with Gasteiger partial charge in [0.25, 0.3) is 16.8 Å². The fraction of sp³-hybridized carbons (Fsp3) is 0.100. The summed E-state index contributed by atoms with van der Waals surface area (Å²) >= 11 is 0.748. The van der Waals surface area contributed by atoms with Gasteiger partial charge in [-0.2, -0.15) is 0 Å². The molecule has 4 aromatic carbocycles. The first-order valence-electron chi connectivity index (χ1n) is 12.4. The Kier molecular flexibility index (Phi) is 7.97. The molecule has 1 fully saturated rings. The van der Waals surface area contributed by atoms with E-state index in [0.29, 0.717) is 22.7 Å². The molecule has 11 heteroatoms. The fourth-order valence-corrected chi connectivity index (χ4v) is 5.03. The summed E-state index contributed by atoms with van der Waals surface area (Å²) in [5.41, 5.74) is 1.80. The summed E-state index contributed by atoms with van der Waals surface area (Å²) in [5.74, 6) is -0.00941. The van der Waals surface area contributed by atoms with Gasteiger partial charge in [-0.1, -0.05) is 30.3 Å². The first-order valence-corrected chi connectivity index (χ1v) is 13.2. The van der Waals surface area contributed by atoms with Gasteiger partial charge in [-0.15, -0.1) is 0 Å². The monoisotopic (exact) mass is 569 g/mol. The zero-order valence-corrected chi connectivity index (χ0v) is 22.6. The van der Waals surface area contributed by atoms with E-state index in [9.17, 15) is 24.5 Å². The van der Waals surface area contributed by atoms with Crippen LogP contribution in [-0.4, -0.2) is 40.5 Å². The molecule has 10 nitrogen and oxygen atoms in total. The molecule has 0 atom stereocenters. The highest BCUT2D eigenvalue weighted by Crippen LogP contribution is 2.37. The van der Waals surface area contributed by atoms with Gasteiger partial charge >= 0.3 is 0 Å². The Bertz CT molecular complexity index is 1690. The Morgan fingerprint density at radius 3 is 2.44 bits per heavy atom. The molecular formula is C30H23N3O7S. The molecule has 5 rings (SSSR count). The van der Waals surface area contributed by atoms with Crippen molar-refractivity contribution in [3.63, 3.8) is 0 Å². The van der Waals surface area contributed by atoms with Crippen LogP contribution in [0.2, 0.25) is 0 Å². The highest BCUT2D eigenvalue weighted by atomic mass is 32.2. The number of benzene rings is 4. The maximum Gasteiger partial charge on any atom is 0.294 e. The molecule has 0 radical (unpaired) electrons. The molecule has 0 saturated carbocycles. The summed E-state index contributed by atoms with van der Waals surface area (Å²) in [6.45, 7) is -0.308. The zero-order chi connectivity index (χ0) is 28.9. The summed E-state index contributed by atoms with van der Waals surface area (Å²) in [4.78, 5) is 50.1. The van der Waals surface area contributed by atoms with Gasteiger partial charge in [0.1, 0.15) is 24.7 Å². The van der Waals surface area contributed by atoms with Crippen molar-refractivity contribution in [3.8, 4) is 11.5 Å². The van der Waals surface area contributed by atoms with Gasteiger partial charge in [-0.3, -0.25) is 29.4 Å². The number of nitrogens with one attached hydrogen (secondary N) is 1. The Morgan fingerprint density at radius 1 is 1.00 bits per heavy atom. The van der Waals surface area contributed by atoms with Crippen LogP contribution < -0.4 is 14.8 Å². The van der Waals surface area contributed by atoms with Gasteiger partial charge in [0, 0.05) is 23.4 Å². The predicted octanol–water partition coefficient (Wildman–Crippen LogP) is 6.01. The third-order valence-electron chi connectivity index (χ3n) is 6.30. The molecule has 4 aromatic rings. The molecule has 1 aliphatic rings. The van der Waals surface area contributed by atoms with Crippen LogP contribution in [0.5, 0.6) is 11.5 Å². The smallest absolute Gasteiger partial charge is 0.294 e. The number of rotatable bonds is 9. The third kappa shape index (κ3) is 6.20. The SMILES string of the molecule is COc1ccc(NC(=O)CN2C(=O)S/C(=C/c3c(OCc4ccc([N+](=O)[O-])cc4)ccc4ccccc34)C2=O)cc1. The van der Waals surface area contributed by atoms with Crippen molar-refractivity contribution in [1.82, 2.24) is 4.90 Å². The summed E-state index contributed by atoms with van der Waals surface area (Å²) in [7, 11) is 1.53. The van der Waals surface area contributed by atoms with Crippen molar-refractivity contribution in [3.05, 3.63) is 111 Å². The van der Waals surface area contributed by atoms with E-state index >= 15 is 0 Å². The van der Waals surface area contributed by atoms with Crippen LogP contribution in [0.15, 0.2) is 89.8 Å². The Labute approximate surface area is 238 Å². The van der Waals surface area contributed by atoms with Crippen molar-refractivity contribution in [1.29, 1.82) is 0 Å². The molecule has 0 bridgehead atoms. The van der Waals surface area contributed by atoms with Crippen molar-refractivity contribution in [2.24, 2.45) is 0 Å². The average molecular weight is 570 g/mol. The van der Waals surface area contributed by atoms with Crippen LogP contribution in [0.3, 0.4) is 0 Å². The molecule has 0 spiro atoms. The van der Waals surface area contributed by atoms with Crippen LogP contribution >= 0.6 is 11.8 Å². The summed E-state index contributed by atoms with van der Waals surface area (Å²) in [6, 6.07) is 23.9. The topological polar surface area (TPSA) is 128 Å². The first kappa shape index (κ1) is 27.4. The van der Waals surface area contributed by atoms with E-state index in [4.69, 9.17) is 9.47 Å². The van der Waals surface area contributed by atoms with E-state index in [1.165, 1.54) is 19.2 Å². The first-order chi connectivity index (χ1) is 19.8. The van der Waals surface area contributed by atoms with E-state index in [2.05, 4.69) is 5.32 Å². The third-order valence-corrected chi connectivity index (χ3v) is 7.20. The minimum absolute atomic E-state index is 0.0199. The van der Waals surface area contributed by atoms with E-state index in [1.807, 2.05) is 30.3 Å². The molecule has 1 heterocycles. The number of thioether (sulfide) groups is 1. The molecule has 0 unspecified atom stereocenters. The van der Waals surface area contributed by atoms with Crippen molar-refractivity contribution < 1.29 is 28.8 Å². The lowest BCUT2D eigenvalue weighted by molar-refractivity contribution is -0.384. The molecule has 1 aliphatic heterocycles. The Hall–Kier alpha value is -5.16. The highest BCUT2D eigenvalue weighted by molar-refractivity contribution is 8.18. The zero-order valence-electron chi connectivity index (χ0n) is 21.7. The molecule has 0 aliphatic carbocycles. The summed E-state index contributed by atoms with van der Waals surface area (Å²) in [5, 5.41) is 14.8. The van der Waals surface area contributed by atoms with Crippen LogP contribution in [0, 0.1) is 10.1 Å². The van der Waals surface area contributed by atoms with Crippen molar-refractivity contribution in [2.45, 2.75) is 6.61 Å².